The fraction of sp³-hybridized carbons (Fsp3) is 0.273. The monoisotopic (exact) mass is 375 g/mol. The Labute approximate surface area is 163 Å². The number of fused-ring (bicyclic) bond motifs is 3. The molecule has 4 aromatic rings. The van der Waals surface area contributed by atoms with Crippen LogP contribution in [0.1, 0.15) is 36.7 Å². The number of pyridine rings is 1. The first kappa shape index (κ1) is 18.3. The molecule has 5 N–H and O–H groups in total. The molecule has 0 saturated carbocycles. The summed E-state index contributed by atoms with van der Waals surface area (Å²) in [7, 11) is 0. The van der Waals surface area contributed by atoms with E-state index in [1.54, 1.807) is 6.07 Å². The maximum atomic E-state index is 9.96. The fourth-order valence-electron chi connectivity index (χ4n) is 3.68. The van der Waals surface area contributed by atoms with E-state index >= 15 is 0 Å². The van der Waals surface area contributed by atoms with Gasteiger partial charge >= 0.3 is 0 Å². The van der Waals surface area contributed by atoms with Crippen molar-refractivity contribution in [2.24, 2.45) is 5.73 Å². The molecule has 6 heteroatoms. The van der Waals surface area contributed by atoms with Crippen LogP contribution < -0.4 is 11.5 Å². The standard InChI is InChI=1S/C22H25N5O/c1-2-3-8-19-26-20-21(16-6-4-5-7-17(16)25-22(20)24)27(19)13-14-9-10-18(28)15(11-14)12-23/h4-7,9-11,28H,2-3,8,12-13,23H2,1H3,(H2,24,25). The van der Waals surface area contributed by atoms with E-state index < -0.39 is 0 Å². The number of nitrogens with two attached hydrogens (primary N) is 2. The van der Waals surface area contributed by atoms with Gasteiger partial charge in [0.05, 0.1) is 11.0 Å². The third-order valence-electron chi connectivity index (χ3n) is 5.15. The smallest absolute Gasteiger partial charge is 0.152 e. The van der Waals surface area contributed by atoms with Crippen molar-refractivity contribution in [3.05, 3.63) is 59.4 Å². The molecule has 0 amide bonds. The lowest BCUT2D eigenvalue weighted by Gasteiger charge is -2.12. The highest BCUT2D eigenvalue weighted by Gasteiger charge is 2.17. The summed E-state index contributed by atoms with van der Waals surface area (Å²) in [5.41, 5.74) is 16.5. The summed E-state index contributed by atoms with van der Waals surface area (Å²) < 4.78 is 2.23. The van der Waals surface area contributed by atoms with Gasteiger partial charge in [0.15, 0.2) is 5.82 Å². The lowest BCUT2D eigenvalue weighted by Crippen LogP contribution is -2.07. The maximum absolute atomic E-state index is 9.96. The lowest BCUT2D eigenvalue weighted by atomic mass is 10.1. The zero-order chi connectivity index (χ0) is 19.7. The molecule has 0 aliphatic rings. The Kier molecular flexibility index (Phi) is 4.88. The molecular weight excluding hydrogens is 350 g/mol. The summed E-state index contributed by atoms with van der Waals surface area (Å²) >= 11 is 0. The number of rotatable bonds is 6. The molecule has 0 radical (unpaired) electrons. The minimum Gasteiger partial charge on any atom is -0.508 e. The summed E-state index contributed by atoms with van der Waals surface area (Å²) in [6, 6.07) is 13.6. The summed E-state index contributed by atoms with van der Waals surface area (Å²) in [5, 5.41) is 11.0. The Morgan fingerprint density at radius 3 is 2.71 bits per heavy atom. The van der Waals surface area contributed by atoms with Gasteiger partial charge in [0.1, 0.15) is 17.1 Å². The zero-order valence-corrected chi connectivity index (χ0v) is 16.0. The molecule has 0 spiro atoms. The normalized spacial score (nSPS) is 11.5. The van der Waals surface area contributed by atoms with Gasteiger partial charge in [-0.1, -0.05) is 37.6 Å². The van der Waals surface area contributed by atoms with Crippen LogP contribution in [0.5, 0.6) is 5.75 Å². The number of aromatic hydroxyl groups is 1. The molecule has 6 nitrogen and oxygen atoms in total. The Balaban J connectivity index is 1.93. The van der Waals surface area contributed by atoms with E-state index in [1.807, 2.05) is 30.3 Å². The molecule has 0 saturated heterocycles. The number of phenolic OH excluding ortho intramolecular Hbond substituents is 1. The first-order valence-corrected chi connectivity index (χ1v) is 9.66. The molecule has 0 aliphatic carbocycles. The fourth-order valence-corrected chi connectivity index (χ4v) is 3.68. The van der Waals surface area contributed by atoms with Crippen molar-refractivity contribution >= 4 is 27.8 Å². The van der Waals surface area contributed by atoms with Crippen molar-refractivity contribution < 1.29 is 5.11 Å². The van der Waals surface area contributed by atoms with Crippen LogP contribution in [0.3, 0.4) is 0 Å². The van der Waals surface area contributed by atoms with Gasteiger partial charge in [0.25, 0.3) is 0 Å². The molecule has 2 aromatic carbocycles. The number of imidazole rings is 1. The molecule has 2 heterocycles. The van der Waals surface area contributed by atoms with E-state index in [1.165, 1.54) is 0 Å². The summed E-state index contributed by atoms with van der Waals surface area (Å²) in [6.07, 6.45) is 3.02. The quantitative estimate of drug-likeness (QED) is 0.476. The first-order chi connectivity index (χ1) is 13.6. The Hall–Kier alpha value is -3.12. The third kappa shape index (κ3) is 3.16. The van der Waals surface area contributed by atoms with Gasteiger partial charge in [-0.15, -0.1) is 0 Å². The van der Waals surface area contributed by atoms with Gasteiger partial charge < -0.3 is 21.1 Å². The van der Waals surface area contributed by atoms with Crippen molar-refractivity contribution in [2.75, 3.05) is 5.73 Å². The highest BCUT2D eigenvalue weighted by molar-refractivity contribution is 6.06. The van der Waals surface area contributed by atoms with Gasteiger partial charge in [-0.05, 0) is 30.2 Å². The maximum Gasteiger partial charge on any atom is 0.152 e. The topological polar surface area (TPSA) is 103 Å². The summed E-state index contributed by atoms with van der Waals surface area (Å²) in [4.78, 5) is 9.39. The second-order valence-corrected chi connectivity index (χ2v) is 7.10. The van der Waals surface area contributed by atoms with E-state index in [0.29, 0.717) is 18.9 Å². The number of aryl methyl sites for hydroxylation is 1. The van der Waals surface area contributed by atoms with Crippen LogP contribution >= 0.6 is 0 Å². The van der Waals surface area contributed by atoms with Crippen molar-refractivity contribution in [1.29, 1.82) is 0 Å². The number of nitrogen functional groups attached to an aromatic ring is 1. The number of anilines is 1. The van der Waals surface area contributed by atoms with Crippen LogP contribution in [-0.2, 0) is 19.5 Å². The predicted octanol–water partition coefficient (Wildman–Crippen LogP) is 3.72. The van der Waals surface area contributed by atoms with Crippen LogP contribution in [0.2, 0.25) is 0 Å². The second-order valence-electron chi connectivity index (χ2n) is 7.10. The molecular formula is C22H25N5O. The van der Waals surface area contributed by atoms with E-state index in [-0.39, 0.29) is 5.75 Å². The van der Waals surface area contributed by atoms with E-state index in [9.17, 15) is 5.11 Å². The van der Waals surface area contributed by atoms with Gasteiger partial charge in [0, 0.05) is 30.5 Å². The van der Waals surface area contributed by atoms with Gasteiger partial charge in [-0.25, -0.2) is 9.97 Å². The summed E-state index contributed by atoms with van der Waals surface area (Å²) in [6.45, 7) is 3.11. The molecule has 0 fully saturated rings. The van der Waals surface area contributed by atoms with Crippen LogP contribution in [-0.4, -0.2) is 19.6 Å². The Morgan fingerprint density at radius 2 is 1.93 bits per heavy atom. The number of unbranched alkanes of at least 4 members (excludes halogenated alkanes) is 1. The SMILES string of the molecule is CCCCc1nc2c(N)nc3ccccc3c2n1Cc1ccc(O)c(CN)c1. The first-order valence-electron chi connectivity index (χ1n) is 9.66. The number of hydrogen-bond acceptors (Lipinski definition) is 5. The Bertz CT molecular complexity index is 1150. The lowest BCUT2D eigenvalue weighted by molar-refractivity contribution is 0.468. The molecule has 0 aliphatic heterocycles. The second kappa shape index (κ2) is 7.48. The highest BCUT2D eigenvalue weighted by atomic mass is 16.3. The van der Waals surface area contributed by atoms with Crippen LogP contribution in [0.4, 0.5) is 5.82 Å². The molecule has 0 atom stereocenters. The molecule has 28 heavy (non-hydrogen) atoms. The van der Waals surface area contributed by atoms with Crippen LogP contribution in [0.25, 0.3) is 21.9 Å². The van der Waals surface area contributed by atoms with Crippen molar-refractivity contribution in [3.8, 4) is 5.75 Å². The van der Waals surface area contributed by atoms with Gasteiger partial charge in [0.2, 0.25) is 0 Å². The Morgan fingerprint density at radius 1 is 1.11 bits per heavy atom. The number of benzene rings is 2. The minimum absolute atomic E-state index is 0.229. The van der Waals surface area contributed by atoms with Crippen LogP contribution in [0.15, 0.2) is 42.5 Å². The summed E-state index contributed by atoms with van der Waals surface area (Å²) in [5.74, 6) is 1.69. The number of hydrogen-bond donors (Lipinski definition) is 3. The number of phenols is 1. The average molecular weight is 375 g/mol. The molecule has 2 aromatic heterocycles. The molecule has 0 bridgehead atoms. The molecule has 144 valence electrons. The molecule has 4 rings (SSSR count). The van der Waals surface area contributed by atoms with Crippen molar-refractivity contribution in [1.82, 2.24) is 14.5 Å². The third-order valence-corrected chi connectivity index (χ3v) is 5.15. The van der Waals surface area contributed by atoms with Crippen LogP contribution in [0, 0.1) is 0 Å². The number of aromatic nitrogens is 3. The van der Waals surface area contributed by atoms with Crippen molar-refractivity contribution in [3.63, 3.8) is 0 Å². The minimum atomic E-state index is 0.229. The highest BCUT2D eigenvalue weighted by Crippen LogP contribution is 2.30. The van der Waals surface area contributed by atoms with E-state index in [2.05, 4.69) is 22.5 Å². The largest absolute Gasteiger partial charge is 0.508 e. The number of nitrogens with zero attached hydrogens (tertiary/aromatic N) is 3. The predicted molar refractivity (Wildman–Crippen MR) is 113 cm³/mol. The number of para-hydroxylation sites is 1. The molecule has 0 unspecified atom stereocenters. The van der Waals surface area contributed by atoms with E-state index in [0.717, 1.165) is 58.2 Å². The van der Waals surface area contributed by atoms with Gasteiger partial charge in [-0.2, -0.15) is 0 Å². The van der Waals surface area contributed by atoms with Gasteiger partial charge in [-0.3, -0.25) is 0 Å². The van der Waals surface area contributed by atoms with E-state index in [4.69, 9.17) is 16.5 Å². The van der Waals surface area contributed by atoms with Crippen molar-refractivity contribution in [2.45, 2.75) is 39.3 Å². The average Bonchev–Trinajstić information content (AvgIpc) is 3.07. The zero-order valence-electron chi connectivity index (χ0n) is 16.0.